The molecule has 36 heavy (non-hydrogen) atoms. The molecule has 2 aromatic rings. The molecule has 0 N–H and O–H groups in total. The van der Waals surface area contributed by atoms with Crippen molar-refractivity contribution >= 4 is 27.5 Å². The van der Waals surface area contributed by atoms with Crippen LogP contribution in [0.15, 0.2) is 41.0 Å². The summed E-state index contributed by atoms with van der Waals surface area (Å²) in [5.74, 6) is -0.936. The fourth-order valence-electron chi connectivity index (χ4n) is 5.89. The van der Waals surface area contributed by atoms with Gasteiger partial charge in [0.05, 0.1) is 30.8 Å². The van der Waals surface area contributed by atoms with Crippen molar-refractivity contribution in [2.45, 2.75) is 38.9 Å². The number of hydrogen-bond acceptors (Lipinski definition) is 8. The Morgan fingerprint density at radius 3 is 2.44 bits per heavy atom. The van der Waals surface area contributed by atoms with Gasteiger partial charge in [-0.25, -0.2) is 17.7 Å². The van der Waals surface area contributed by atoms with Crippen LogP contribution < -0.4 is 4.90 Å². The summed E-state index contributed by atoms with van der Waals surface area (Å²) in [6, 6.07) is 9.29. The Morgan fingerprint density at radius 2 is 1.81 bits per heavy atom. The fourth-order valence-corrected chi connectivity index (χ4v) is 7.06. The molecular formula is C25H33N5O5S. The lowest BCUT2D eigenvalue weighted by molar-refractivity contribution is -0.129. The number of rotatable bonds is 6. The van der Waals surface area contributed by atoms with E-state index in [1.807, 2.05) is 32.0 Å². The molecular weight excluding hydrogens is 482 g/mol. The predicted molar refractivity (Wildman–Crippen MR) is 134 cm³/mol. The third-order valence-electron chi connectivity index (χ3n) is 7.55. The molecule has 3 aliphatic heterocycles. The molecule has 0 bridgehead atoms. The maximum Gasteiger partial charge on any atom is 0.276 e. The molecule has 3 fully saturated rings. The number of aromatic nitrogens is 1. The van der Waals surface area contributed by atoms with Crippen LogP contribution in [0.2, 0.25) is 0 Å². The van der Waals surface area contributed by atoms with E-state index in [-0.39, 0.29) is 17.5 Å². The second-order valence-corrected chi connectivity index (χ2v) is 12.1. The lowest BCUT2D eigenvalue weighted by Crippen LogP contribution is -2.46. The monoisotopic (exact) mass is 515 g/mol. The van der Waals surface area contributed by atoms with E-state index in [1.54, 1.807) is 4.90 Å². The van der Waals surface area contributed by atoms with Gasteiger partial charge in [-0.05, 0) is 24.5 Å². The molecule has 3 aliphatic rings. The number of anilines is 1. The van der Waals surface area contributed by atoms with Crippen LogP contribution in [0.3, 0.4) is 0 Å². The molecule has 0 saturated carbocycles. The van der Waals surface area contributed by atoms with Gasteiger partial charge < -0.3 is 14.2 Å². The minimum atomic E-state index is -3.72. The van der Waals surface area contributed by atoms with Crippen LogP contribution in [0.25, 0.3) is 0 Å². The smallest absolute Gasteiger partial charge is 0.276 e. The third-order valence-corrected chi connectivity index (χ3v) is 8.72. The Bertz CT molecular complexity index is 1220. The highest BCUT2D eigenvalue weighted by atomic mass is 32.2. The molecule has 1 aromatic heterocycles. The number of nitrogens with zero attached hydrogens (tertiary/aromatic N) is 5. The van der Waals surface area contributed by atoms with Gasteiger partial charge >= 0.3 is 0 Å². The number of piperazine rings is 1. The zero-order valence-electron chi connectivity index (χ0n) is 20.9. The van der Waals surface area contributed by atoms with Gasteiger partial charge in [0, 0.05) is 38.4 Å². The van der Waals surface area contributed by atoms with Gasteiger partial charge in [0.2, 0.25) is 21.8 Å². The number of carbonyl (C=O) groups is 2. The van der Waals surface area contributed by atoms with Crippen LogP contribution in [0, 0.1) is 11.8 Å². The van der Waals surface area contributed by atoms with Crippen molar-refractivity contribution in [2.24, 2.45) is 11.8 Å². The van der Waals surface area contributed by atoms with Crippen molar-refractivity contribution in [3.63, 3.8) is 0 Å². The SMILES string of the molecule is CC(C)[C@H]1C(=O)N(S(C)(=O)=O)[C@H]2CCN(C(=O)c3coc(CN4CCN(c5ccccc5)CC4)n3)[C@H]12. The standard InChI is InChI=1S/C25H33N5O5S/c1-17(2)22-23-20(30(25(22)32)36(3,33)34)9-10-29(23)24(31)19-16-35-21(26-19)15-27-11-13-28(14-12-27)18-7-5-4-6-8-18/h4-8,16-17,20,22-23H,9-15H2,1-3H3/t20-,22+,23-/m0/s1. The quantitative estimate of drug-likeness (QED) is 0.572. The average molecular weight is 516 g/mol. The first-order chi connectivity index (χ1) is 17.1. The molecule has 0 spiro atoms. The van der Waals surface area contributed by atoms with E-state index < -0.39 is 33.9 Å². The second-order valence-electron chi connectivity index (χ2n) is 10.2. The molecule has 194 valence electrons. The number of fused-ring (bicyclic) bond motifs is 1. The Kier molecular flexibility index (Phi) is 6.54. The van der Waals surface area contributed by atoms with Gasteiger partial charge in [0.25, 0.3) is 5.91 Å². The molecule has 0 radical (unpaired) electrons. The molecule has 1 aromatic carbocycles. The number of sulfonamides is 1. The van der Waals surface area contributed by atoms with Crippen LogP contribution in [0.5, 0.6) is 0 Å². The van der Waals surface area contributed by atoms with E-state index in [2.05, 4.69) is 26.9 Å². The van der Waals surface area contributed by atoms with Crippen molar-refractivity contribution in [2.75, 3.05) is 43.9 Å². The average Bonchev–Trinajstić information content (AvgIpc) is 3.53. The largest absolute Gasteiger partial charge is 0.447 e. The normalized spacial score (nSPS) is 25.2. The summed E-state index contributed by atoms with van der Waals surface area (Å²) >= 11 is 0. The summed E-state index contributed by atoms with van der Waals surface area (Å²) in [6.07, 6.45) is 2.86. The van der Waals surface area contributed by atoms with E-state index in [0.29, 0.717) is 25.4 Å². The number of benzene rings is 1. The number of carbonyl (C=O) groups excluding carboxylic acids is 2. The van der Waals surface area contributed by atoms with Gasteiger partial charge in [-0.3, -0.25) is 14.5 Å². The van der Waals surface area contributed by atoms with Crippen LogP contribution in [-0.2, 0) is 21.4 Å². The number of hydrogen-bond donors (Lipinski definition) is 0. The van der Waals surface area contributed by atoms with Crippen LogP contribution >= 0.6 is 0 Å². The molecule has 10 nitrogen and oxygen atoms in total. The summed E-state index contributed by atoms with van der Waals surface area (Å²) in [5.41, 5.74) is 1.41. The van der Waals surface area contributed by atoms with Crippen LogP contribution in [-0.4, -0.2) is 90.4 Å². The van der Waals surface area contributed by atoms with Crippen molar-refractivity contribution in [1.29, 1.82) is 0 Å². The minimum Gasteiger partial charge on any atom is -0.447 e. The van der Waals surface area contributed by atoms with Crippen molar-refractivity contribution < 1.29 is 22.4 Å². The Labute approximate surface area is 211 Å². The van der Waals surface area contributed by atoms with Crippen molar-refractivity contribution in [3.05, 3.63) is 48.2 Å². The number of amides is 2. The first-order valence-corrected chi connectivity index (χ1v) is 14.3. The number of oxazole rings is 1. The van der Waals surface area contributed by atoms with Crippen molar-refractivity contribution in [1.82, 2.24) is 19.1 Å². The summed E-state index contributed by atoms with van der Waals surface area (Å²) in [4.78, 5) is 37.1. The first-order valence-electron chi connectivity index (χ1n) is 12.5. The Hall–Kier alpha value is -2.92. The molecule has 0 aliphatic carbocycles. The molecule has 11 heteroatoms. The van der Waals surface area contributed by atoms with Gasteiger partial charge in [-0.2, -0.15) is 0 Å². The zero-order chi connectivity index (χ0) is 25.6. The summed E-state index contributed by atoms with van der Waals surface area (Å²) < 4.78 is 31.4. The molecule has 5 rings (SSSR count). The summed E-state index contributed by atoms with van der Waals surface area (Å²) in [5, 5.41) is 0. The lowest BCUT2D eigenvalue weighted by Gasteiger charge is -2.35. The molecule has 2 amide bonds. The van der Waals surface area contributed by atoms with E-state index in [9.17, 15) is 18.0 Å². The van der Waals surface area contributed by atoms with Gasteiger partial charge in [0.15, 0.2) is 5.69 Å². The van der Waals surface area contributed by atoms with Crippen LogP contribution in [0.1, 0.15) is 36.6 Å². The highest BCUT2D eigenvalue weighted by molar-refractivity contribution is 7.88. The Morgan fingerprint density at radius 1 is 1.11 bits per heavy atom. The van der Waals surface area contributed by atoms with Crippen molar-refractivity contribution in [3.8, 4) is 0 Å². The molecule has 4 heterocycles. The number of para-hydroxylation sites is 1. The van der Waals surface area contributed by atoms with E-state index >= 15 is 0 Å². The zero-order valence-corrected chi connectivity index (χ0v) is 21.7. The second kappa shape index (κ2) is 9.51. The maximum absolute atomic E-state index is 13.4. The Balaban J connectivity index is 1.25. The van der Waals surface area contributed by atoms with Gasteiger partial charge in [-0.15, -0.1) is 0 Å². The third kappa shape index (κ3) is 4.50. The fraction of sp³-hybridized carbons (Fsp3) is 0.560. The molecule has 3 saturated heterocycles. The molecule has 0 unspecified atom stereocenters. The lowest BCUT2D eigenvalue weighted by atomic mass is 9.88. The van der Waals surface area contributed by atoms with Gasteiger partial charge in [-0.1, -0.05) is 32.0 Å². The summed E-state index contributed by atoms with van der Waals surface area (Å²) in [6.45, 7) is 8.17. The maximum atomic E-state index is 13.4. The minimum absolute atomic E-state index is 0.104. The van der Waals surface area contributed by atoms with Gasteiger partial charge in [0.1, 0.15) is 6.26 Å². The first kappa shape index (κ1) is 24.8. The van der Waals surface area contributed by atoms with E-state index in [4.69, 9.17) is 4.42 Å². The predicted octanol–water partition coefficient (Wildman–Crippen LogP) is 1.65. The number of likely N-dealkylation sites (tertiary alicyclic amines) is 1. The van der Waals surface area contributed by atoms with Crippen LogP contribution in [0.4, 0.5) is 5.69 Å². The van der Waals surface area contributed by atoms with E-state index in [0.717, 1.165) is 36.7 Å². The molecule has 3 atom stereocenters. The highest BCUT2D eigenvalue weighted by Gasteiger charge is 2.58. The highest BCUT2D eigenvalue weighted by Crippen LogP contribution is 2.41. The van der Waals surface area contributed by atoms with E-state index in [1.165, 1.54) is 12.0 Å². The summed E-state index contributed by atoms with van der Waals surface area (Å²) in [7, 11) is -3.72. The topological polar surface area (TPSA) is 107 Å².